The average Bonchev–Trinajstić information content (AvgIpc) is 2.32. The summed E-state index contributed by atoms with van der Waals surface area (Å²) in [7, 11) is 0. The van der Waals surface area contributed by atoms with Gasteiger partial charge in [0.05, 0.1) is 0 Å². The van der Waals surface area contributed by atoms with Gasteiger partial charge in [-0.2, -0.15) is 0 Å². The van der Waals surface area contributed by atoms with Crippen LogP contribution in [0, 0.1) is 0 Å². The van der Waals surface area contributed by atoms with Crippen LogP contribution in [0.5, 0.6) is 0 Å². The third-order valence-corrected chi connectivity index (χ3v) is 1.91. The highest BCUT2D eigenvalue weighted by atomic mass is 16.7. The lowest BCUT2D eigenvalue weighted by Crippen LogP contribution is -2.36. The first-order valence-corrected chi connectivity index (χ1v) is 4.21. The van der Waals surface area contributed by atoms with Crippen molar-refractivity contribution in [1.29, 1.82) is 0 Å². The van der Waals surface area contributed by atoms with Gasteiger partial charge in [-0.1, -0.05) is 0 Å². The molecule has 0 aromatic carbocycles. The average molecular weight is 171 g/mol. The van der Waals surface area contributed by atoms with E-state index in [9.17, 15) is 0 Å². The topological polar surface area (TPSA) is 44.5 Å². The highest BCUT2D eigenvalue weighted by molar-refractivity contribution is 4.83. The van der Waals surface area contributed by atoms with Gasteiger partial charge in [0.1, 0.15) is 12.5 Å². The Kier molecular flexibility index (Phi) is 2.33. The van der Waals surface area contributed by atoms with Crippen LogP contribution in [0.15, 0.2) is 12.5 Å². The molecule has 1 aliphatic heterocycles. The fraction of sp³-hybridized carbons (Fsp3) is 0.778. The summed E-state index contributed by atoms with van der Waals surface area (Å²) in [4.78, 5) is 0. The normalized spacial score (nSPS) is 20.3. The van der Waals surface area contributed by atoms with E-state index in [1.54, 1.807) is 12.5 Å². The van der Waals surface area contributed by atoms with Crippen LogP contribution in [-0.4, -0.2) is 11.3 Å². The van der Waals surface area contributed by atoms with E-state index < -0.39 is 5.79 Å². The summed E-state index contributed by atoms with van der Waals surface area (Å²) in [5.74, 6) is -0.489. The molecule has 1 aliphatic rings. The molecule has 1 rings (SSSR count). The van der Waals surface area contributed by atoms with Gasteiger partial charge < -0.3 is 15.2 Å². The van der Waals surface area contributed by atoms with Gasteiger partial charge in [-0.05, 0) is 20.3 Å². The Balaban J connectivity index is 2.32. The summed E-state index contributed by atoms with van der Waals surface area (Å²) >= 11 is 0. The monoisotopic (exact) mass is 171 g/mol. The van der Waals surface area contributed by atoms with E-state index in [2.05, 4.69) is 0 Å². The molecule has 0 unspecified atom stereocenters. The summed E-state index contributed by atoms with van der Waals surface area (Å²) in [6.07, 6.45) is 4.84. The summed E-state index contributed by atoms with van der Waals surface area (Å²) in [6.45, 7) is 5.91. The smallest absolute Gasteiger partial charge is 0.247 e. The second-order valence-corrected chi connectivity index (χ2v) is 4.13. The zero-order chi connectivity index (χ0) is 9.24. The van der Waals surface area contributed by atoms with Crippen molar-refractivity contribution in [2.75, 3.05) is 0 Å². The number of nitrogens with two attached hydrogens (primary N) is 1. The van der Waals surface area contributed by atoms with E-state index in [1.807, 2.05) is 20.8 Å². The molecule has 3 heteroatoms. The van der Waals surface area contributed by atoms with E-state index in [1.165, 1.54) is 0 Å². The first kappa shape index (κ1) is 9.39. The van der Waals surface area contributed by atoms with Crippen molar-refractivity contribution in [2.45, 2.75) is 44.9 Å². The predicted octanol–water partition coefficient (Wildman–Crippen LogP) is 1.74. The minimum absolute atomic E-state index is 0.154. The van der Waals surface area contributed by atoms with Gasteiger partial charge in [-0.15, -0.1) is 0 Å². The van der Waals surface area contributed by atoms with Crippen molar-refractivity contribution in [3.63, 3.8) is 0 Å². The molecule has 1 heterocycles. The number of ether oxygens (including phenoxy) is 2. The van der Waals surface area contributed by atoms with Crippen LogP contribution in [-0.2, 0) is 9.47 Å². The van der Waals surface area contributed by atoms with Gasteiger partial charge >= 0.3 is 0 Å². The molecule has 0 amide bonds. The Morgan fingerprint density at radius 3 is 2.25 bits per heavy atom. The molecule has 0 aromatic heterocycles. The van der Waals surface area contributed by atoms with E-state index in [0.29, 0.717) is 0 Å². The molecule has 0 fully saturated rings. The Morgan fingerprint density at radius 1 is 1.33 bits per heavy atom. The molecule has 0 saturated heterocycles. The standard InChI is InChI=1S/C9H17NO2/c1-8(2,10)4-5-9(3)11-6-7-12-9/h6-7H,4-5,10H2,1-3H3. The quantitative estimate of drug-likeness (QED) is 0.703. The van der Waals surface area contributed by atoms with E-state index in [0.717, 1.165) is 12.8 Å². The molecule has 0 radical (unpaired) electrons. The van der Waals surface area contributed by atoms with Crippen LogP contribution < -0.4 is 5.73 Å². The van der Waals surface area contributed by atoms with Gasteiger partial charge in [-0.25, -0.2) is 0 Å². The molecule has 0 saturated carbocycles. The van der Waals surface area contributed by atoms with E-state index in [4.69, 9.17) is 15.2 Å². The zero-order valence-corrected chi connectivity index (χ0v) is 7.96. The van der Waals surface area contributed by atoms with Gasteiger partial charge in [0, 0.05) is 18.9 Å². The number of hydrogen-bond donors (Lipinski definition) is 1. The third kappa shape index (κ3) is 2.74. The Bertz CT molecular complexity index is 173. The lowest BCUT2D eigenvalue weighted by Gasteiger charge is -2.27. The number of hydrogen-bond acceptors (Lipinski definition) is 3. The molecule has 0 aliphatic carbocycles. The van der Waals surface area contributed by atoms with Crippen LogP contribution in [0.1, 0.15) is 33.6 Å². The van der Waals surface area contributed by atoms with Crippen molar-refractivity contribution >= 4 is 0 Å². The Morgan fingerprint density at radius 2 is 1.83 bits per heavy atom. The molecule has 12 heavy (non-hydrogen) atoms. The van der Waals surface area contributed by atoms with Crippen LogP contribution in [0.2, 0.25) is 0 Å². The minimum Gasteiger partial charge on any atom is -0.457 e. The Labute approximate surface area is 73.5 Å². The van der Waals surface area contributed by atoms with Crippen LogP contribution in [0.3, 0.4) is 0 Å². The third-order valence-electron chi connectivity index (χ3n) is 1.91. The van der Waals surface area contributed by atoms with Gasteiger partial charge in [-0.3, -0.25) is 0 Å². The first-order valence-electron chi connectivity index (χ1n) is 4.21. The van der Waals surface area contributed by atoms with E-state index in [-0.39, 0.29) is 5.54 Å². The molecule has 0 atom stereocenters. The maximum absolute atomic E-state index is 5.84. The minimum atomic E-state index is -0.489. The van der Waals surface area contributed by atoms with Crippen molar-refractivity contribution in [2.24, 2.45) is 5.73 Å². The fourth-order valence-electron chi connectivity index (χ4n) is 1.04. The van der Waals surface area contributed by atoms with Crippen molar-refractivity contribution < 1.29 is 9.47 Å². The fourth-order valence-corrected chi connectivity index (χ4v) is 1.04. The van der Waals surface area contributed by atoms with Gasteiger partial charge in [0.15, 0.2) is 0 Å². The van der Waals surface area contributed by atoms with Gasteiger partial charge in [0.25, 0.3) is 0 Å². The molecule has 2 N–H and O–H groups in total. The predicted molar refractivity (Wildman–Crippen MR) is 47.2 cm³/mol. The second-order valence-electron chi connectivity index (χ2n) is 4.13. The van der Waals surface area contributed by atoms with Crippen LogP contribution >= 0.6 is 0 Å². The largest absolute Gasteiger partial charge is 0.457 e. The van der Waals surface area contributed by atoms with Gasteiger partial charge in [0.2, 0.25) is 5.79 Å². The molecular weight excluding hydrogens is 154 g/mol. The highest BCUT2D eigenvalue weighted by Crippen LogP contribution is 2.26. The maximum Gasteiger partial charge on any atom is 0.247 e. The molecule has 0 spiro atoms. The molecule has 0 bridgehead atoms. The molecular formula is C9H17NO2. The maximum atomic E-state index is 5.84. The second kappa shape index (κ2) is 2.98. The van der Waals surface area contributed by atoms with Crippen molar-refractivity contribution in [3.8, 4) is 0 Å². The summed E-state index contributed by atoms with van der Waals surface area (Å²) < 4.78 is 10.6. The van der Waals surface area contributed by atoms with Crippen LogP contribution in [0.25, 0.3) is 0 Å². The molecule has 70 valence electrons. The van der Waals surface area contributed by atoms with Crippen molar-refractivity contribution in [3.05, 3.63) is 12.5 Å². The highest BCUT2D eigenvalue weighted by Gasteiger charge is 2.30. The van der Waals surface area contributed by atoms with Crippen molar-refractivity contribution in [1.82, 2.24) is 0 Å². The summed E-state index contributed by atoms with van der Waals surface area (Å²) in [5.41, 5.74) is 5.69. The molecule has 0 aromatic rings. The lowest BCUT2D eigenvalue weighted by molar-refractivity contribution is -0.133. The summed E-state index contributed by atoms with van der Waals surface area (Å²) in [5, 5.41) is 0. The lowest BCUT2D eigenvalue weighted by atomic mass is 9.97. The van der Waals surface area contributed by atoms with Crippen LogP contribution in [0.4, 0.5) is 0 Å². The summed E-state index contributed by atoms with van der Waals surface area (Å²) in [6, 6.07) is 0. The number of rotatable bonds is 3. The van der Waals surface area contributed by atoms with E-state index >= 15 is 0 Å². The first-order chi connectivity index (χ1) is 5.41. The SMILES string of the molecule is CC(C)(N)CCC1(C)OC=CO1. The Hall–Kier alpha value is -0.700. The zero-order valence-electron chi connectivity index (χ0n) is 7.96. The molecule has 3 nitrogen and oxygen atoms in total.